The van der Waals surface area contributed by atoms with Crippen molar-refractivity contribution in [2.24, 2.45) is 0 Å². The number of amides is 2. The van der Waals surface area contributed by atoms with Gasteiger partial charge in [-0.3, -0.25) is 19.4 Å². The van der Waals surface area contributed by atoms with Gasteiger partial charge in [-0.25, -0.2) is 4.39 Å². The van der Waals surface area contributed by atoms with Crippen molar-refractivity contribution >= 4 is 17.5 Å². The molecule has 2 fully saturated rings. The van der Waals surface area contributed by atoms with Gasteiger partial charge < -0.3 is 4.90 Å². The summed E-state index contributed by atoms with van der Waals surface area (Å²) >= 11 is 0. The van der Waals surface area contributed by atoms with E-state index in [9.17, 15) is 14.0 Å². The Kier molecular flexibility index (Phi) is 5.13. The zero-order valence-corrected chi connectivity index (χ0v) is 16.0. The Morgan fingerprint density at radius 2 is 1.57 bits per heavy atom. The number of piperazine rings is 1. The highest BCUT2D eigenvalue weighted by Gasteiger charge is 2.42. The van der Waals surface area contributed by atoms with E-state index in [1.54, 1.807) is 12.1 Å². The lowest BCUT2D eigenvalue weighted by molar-refractivity contribution is -0.140. The molecule has 146 valence electrons. The van der Waals surface area contributed by atoms with E-state index in [2.05, 4.69) is 9.80 Å². The largest absolute Gasteiger partial charge is 0.369 e. The van der Waals surface area contributed by atoms with E-state index in [0.29, 0.717) is 19.6 Å². The Labute approximate surface area is 164 Å². The molecule has 0 saturated carbocycles. The van der Waals surface area contributed by atoms with Crippen LogP contribution in [-0.2, 0) is 16.1 Å². The number of rotatable bonds is 4. The number of imide groups is 1. The molecule has 2 aromatic rings. The van der Waals surface area contributed by atoms with Gasteiger partial charge in [0, 0.05) is 31.9 Å². The van der Waals surface area contributed by atoms with Crippen molar-refractivity contribution in [2.45, 2.75) is 25.9 Å². The normalized spacial score (nSPS) is 20.9. The molecule has 0 bridgehead atoms. The first-order valence-electron chi connectivity index (χ1n) is 9.65. The predicted molar refractivity (Wildman–Crippen MR) is 105 cm³/mol. The minimum atomic E-state index is -0.367. The standard InChI is InChI=1S/C22H24FN3O2/c1-16-2-4-17(5-3-16)15-26-21(27)14-20(22(26)28)25-12-10-24(11-13-25)19-8-6-18(23)7-9-19/h2-9,20H,10-15H2,1H3/t20-/m1/s1. The molecule has 28 heavy (non-hydrogen) atoms. The van der Waals surface area contributed by atoms with Gasteiger partial charge in [0.2, 0.25) is 11.8 Å². The van der Waals surface area contributed by atoms with Gasteiger partial charge in [0.25, 0.3) is 0 Å². The first-order chi connectivity index (χ1) is 13.5. The summed E-state index contributed by atoms with van der Waals surface area (Å²) in [5.74, 6) is -0.441. The number of carbonyl (C=O) groups excluding carboxylic acids is 2. The molecule has 0 spiro atoms. The number of benzene rings is 2. The molecule has 2 amide bonds. The Hall–Kier alpha value is -2.73. The van der Waals surface area contributed by atoms with Crippen molar-refractivity contribution in [3.8, 4) is 0 Å². The van der Waals surface area contributed by atoms with E-state index in [4.69, 9.17) is 0 Å². The quantitative estimate of drug-likeness (QED) is 0.764. The minimum Gasteiger partial charge on any atom is -0.369 e. The topological polar surface area (TPSA) is 43.9 Å². The van der Waals surface area contributed by atoms with E-state index in [-0.39, 0.29) is 30.1 Å². The fourth-order valence-electron chi connectivity index (χ4n) is 3.94. The predicted octanol–water partition coefficient (Wildman–Crippen LogP) is 2.58. The summed E-state index contributed by atoms with van der Waals surface area (Å²) in [7, 11) is 0. The van der Waals surface area contributed by atoms with E-state index in [1.165, 1.54) is 17.0 Å². The molecule has 2 aliphatic rings. The van der Waals surface area contributed by atoms with Gasteiger partial charge in [-0.05, 0) is 36.8 Å². The molecule has 1 atom stereocenters. The van der Waals surface area contributed by atoms with Crippen LogP contribution in [0.3, 0.4) is 0 Å². The van der Waals surface area contributed by atoms with Gasteiger partial charge in [-0.2, -0.15) is 0 Å². The maximum absolute atomic E-state index is 13.1. The minimum absolute atomic E-state index is 0.0965. The number of nitrogens with zero attached hydrogens (tertiary/aromatic N) is 3. The third kappa shape index (κ3) is 3.78. The summed E-state index contributed by atoms with van der Waals surface area (Å²) in [6, 6.07) is 14.0. The van der Waals surface area contributed by atoms with Crippen LogP contribution < -0.4 is 4.90 Å². The first-order valence-corrected chi connectivity index (χ1v) is 9.65. The second-order valence-corrected chi connectivity index (χ2v) is 7.52. The van der Waals surface area contributed by atoms with Gasteiger partial charge >= 0.3 is 0 Å². The molecular formula is C22H24FN3O2. The molecule has 0 N–H and O–H groups in total. The Morgan fingerprint density at radius 1 is 0.929 bits per heavy atom. The highest BCUT2D eigenvalue weighted by molar-refractivity contribution is 6.05. The molecule has 2 aliphatic heterocycles. The lowest BCUT2D eigenvalue weighted by Gasteiger charge is -2.38. The molecule has 2 heterocycles. The summed E-state index contributed by atoms with van der Waals surface area (Å²) in [5, 5.41) is 0. The Morgan fingerprint density at radius 3 is 2.21 bits per heavy atom. The first kappa shape index (κ1) is 18.6. The highest BCUT2D eigenvalue weighted by Crippen LogP contribution is 2.24. The highest BCUT2D eigenvalue weighted by atomic mass is 19.1. The smallest absolute Gasteiger partial charge is 0.247 e. The fourth-order valence-corrected chi connectivity index (χ4v) is 3.94. The van der Waals surface area contributed by atoms with E-state index < -0.39 is 0 Å². The van der Waals surface area contributed by atoms with Gasteiger partial charge in [0.15, 0.2) is 0 Å². The summed E-state index contributed by atoms with van der Waals surface area (Å²) in [6.07, 6.45) is 0.251. The molecule has 0 unspecified atom stereocenters. The molecule has 5 nitrogen and oxygen atoms in total. The van der Waals surface area contributed by atoms with Crippen molar-refractivity contribution in [3.63, 3.8) is 0 Å². The Bertz CT molecular complexity index is 858. The average molecular weight is 381 g/mol. The molecule has 0 aromatic heterocycles. The van der Waals surface area contributed by atoms with E-state index in [1.807, 2.05) is 31.2 Å². The molecule has 6 heteroatoms. The maximum Gasteiger partial charge on any atom is 0.247 e. The number of hydrogen-bond acceptors (Lipinski definition) is 4. The second kappa shape index (κ2) is 7.72. The van der Waals surface area contributed by atoms with Crippen LogP contribution in [0, 0.1) is 12.7 Å². The van der Waals surface area contributed by atoms with Gasteiger partial charge in [-0.15, -0.1) is 0 Å². The van der Waals surface area contributed by atoms with Crippen molar-refractivity contribution in [2.75, 3.05) is 31.1 Å². The number of anilines is 1. The van der Waals surface area contributed by atoms with Crippen LogP contribution in [0.4, 0.5) is 10.1 Å². The van der Waals surface area contributed by atoms with Crippen molar-refractivity contribution in [1.29, 1.82) is 0 Å². The number of aryl methyl sites for hydroxylation is 1. The monoisotopic (exact) mass is 381 g/mol. The van der Waals surface area contributed by atoms with Gasteiger partial charge in [-0.1, -0.05) is 29.8 Å². The lowest BCUT2D eigenvalue weighted by Crippen LogP contribution is -2.52. The van der Waals surface area contributed by atoms with Crippen LogP contribution in [0.5, 0.6) is 0 Å². The summed E-state index contributed by atoms with van der Waals surface area (Å²) in [4.78, 5) is 31.0. The SMILES string of the molecule is Cc1ccc(CN2C(=O)C[C@@H](N3CCN(c4ccc(F)cc4)CC3)C2=O)cc1. The number of halogens is 1. The summed E-state index contributed by atoms with van der Waals surface area (Å²) in [5.41, 5.74) is 3.10. The number of carbonyl (C=O) groups is 2. The van der Waals surface area contributed by atoms with Crippen LogP contribution in [0.25, 0.3) is 0 Å². The molecule has 4 rings (SSSR count). The third-order valence-corrected chi connectivity index (χ3v) is 5.63. The van der Waals surface area contributed by atoms with Crippen molar-refractivity contribution in [3.05, 3.63) is 65.5 Å². The Balaban J connectivity index is 1.37. The fraction of sp³-hybridized carbons (Fsp3) is 0.364. The zero-order valence-electron chi connectivity index (χ0n) is 16.0. The molecule has 2 aromatic carbocycles. The number of likely N-dealkylation sites (tertiary alicyclic amines) is 1. The second-order valence-electron chi connectivity index (χ2n) is 7.52. The van der Waals surface area contributed by atoms with Crippen LogP contribution in [0.1, 0.15) is 17.5 Å². The van der Waals surface area contributed by atoms with Crippen LogP contribution in [0.2, 0.25) is 0 Å². The van der Waals surface area contributed by atoms with Gasteiger partial charge in [0.05, 0.1) is 19.0 Å². The molecule has 0 radical (unpaired) electrons. The summed E-state index contributed by atoms with van der Waals surface area (Å²) in [6.45, 7) is 5.27. The third-order valence-electron chi connectivity index (χ3n) is 5.63. The van der Waals surface area contributed by atoms with Crippen molar-refractivity contribution < 1.29 is 14.0 Å². The average Bonchev–Trinajstić information content (AvgIpc) is 2.99. The van der Waals surface area contributed by atoms with E-state index in [0.717, 1.165) is 29.9 Å². The molecule has 2 saturated heterocycles. The van der Waals surface area contributed by atoms with E-state index >= 15 is 0 Å². The number of hydrogen-bond donors (Lipinski definition) is 0. The molecule has 0 aliphatic carbocycles. The maximum atomic E-state index is 13.1. The van der Waals surface area contributed by atoms with Gasteiger partial charge in [0.1, 0.15) is 5.82 Å². The van der Waals surface area contributed by atoms with Crippen LogP contribution in [0.15, 0.2) is 48.5 Å². The van der Waals surface area contributed by atoms with Crippen LogP contribution in [-0.4, -0.2) is 53.8 Å². The lowest BCUT2D eigenvalue weighted by atomic mass is 10.1. The van der Waals surface area contributed by atoms with Crippen molar-refractivity contribution in [1.82, 2.24) is 9.80 Å². The molecular weight excluding hydrogens is 357 g/mol. The van der Waals surface area contributed by atoms with Crippen LogP contribution >= 0.6 is 0 Å². The zero-order chi connectivity index (χ0) is 19.7. The summed E-state index contributed by atoms with van der Waals surface area (Å²) < 4.78 is 13.1.